The maximum atomic E-state index is 10.9. The Morgan fingerprint density at radius 3 is 2.40 bits per heavy atom. The average Bonchev–Trinajstić information content (AvgIpc) is 1.87. The molecule has 0 aromatic rings. The van der Waals surface area contributed by atoms with Crippen molar-refractivity contribution in [3.8, 4) is 0 Å². The molecule has 0 aromatic heterocycles. The molecule has 0 aliphatic heterocycles. The van der Waals surface area contributed by atoms with E-state index in [-0.39, 0.29) is 11.8 Å². The smallest absolute Gasteiger partial charge is 0.226 e. The van der Waals surface area contributed by atoms with E-state index in [1.807, 2.05) is 13.8 Å². The SMILES string of the molecule is C=CC(=C)NC(=O)C(C)C. The Balaban J connectivity index is 3.80. The number of hydrogen-bond acceptors (Lipinski definition) is 1. The van der Waals surface area contributed by atoms with Gasteiger partial charge in [-0.15, -0.1) is 0 Å². The van der Waals surface area contributed by atoms with Gasteiger partial charge in [-0.1, -0.05) is 27.0 Å². The summed E-state index contributed by atoms with van der Waals surface area (Å²) >= 11 is 0. The molecule has 0 spiro atoms. The third-order valence-corrected chi connectivity index (χ3v) is 1.05. The van der Waals surface area contributed by atoms with Crippen molar-refractivity contribution >= 4 is 5.91 Å². The van der Waals surface area contributed by atoms with E-state index in [0.29, 0.717) is 5.70 Å². The van der Waals surface area contributed by atoms with E-state index in [2.05, 4.69) is 18.5 Å². The number of carbonyl (C=O) groups is 1. The number of allylic oxidation sites excluding steroid dienone is 1. The monoisotopic (exact) mass is 139 g/mol. The van der Waals surface area contributed by atoms with Crippen LogP contribution in [0.4, 0.5) is 0 Å². The molecule has 0 aliphatic rings. The normalized spacial score (nSPS) is 9.10. The first-order chi connectivity index (χ1) is 4.57. The first-order valence-corrected chi connectivity index (χ1v) is 3.20. The van der Waals surface area contributed by atoms with Crippen LogP contribution < -0.4 is 5.32 Å². The zero-order valence-electron chi connectivity index (χ0n) is 6.48. The summed E-state index contributed by atoms with van der Waals surface area (Å²) in [6, 6.07) is 0. The van der Waals surface area contributed by atoms with Gasteiger partial charge < -0.3 is 5.32 Å². The van der Waals surface area contributed by atoms with Gasteiger partial charge in [-0.05, 0) is 6.08 Å². The maximum Gasteiger partial charge on any atom is 0.226 e. The fourth-order valence-electron chi connectivity index (χ4n) is 0.354. The van der Waals surface area contributed by atoms with E-state index in [9.17, 15) is 4.79 Å². The van der Waals surface area contributed by atoms with Crippen molar-refractivity contribution in [2.24, 2.45) is 5.92 Å². The Morgan fingerprint density at radius 2 is 2.10 bits per heavy atom. The largest absolute Gasteiger partial charge is 0.326 e. The second-order valence-electron chi connectivity index (χ2n) is 2.37. The van der Waals surface area contributed by atoms with Gasteiger partial charge in [0.25, 0.3) is 0 Å². The average molecular weight is 139 g/mol. The van der Waals surface area contributed by atoms with Crippen LogP contribution in [0, 0.1) is 5.92 Å². The van der Waals surface area contributed by atoms with Gasteiger partial charge in [0.2, 0.25) is 5.91 Å². The first kappa shape index (κ1) is 8.95. The molecule has 10 heavy (non-hydrogen) atoms. The molecule has 0 radical (unpaired) electrons. The Kier molecular flexibility index (Phi) is 3.47. The van der Waals surface area contributed by atoms with Crippen LogP contribution >= 0.6 is 0 Å². The fraction of sp³-hybridized carbons (Fsp3) is 0.375. The number of amides is 1. The summed E-state index contributed by atoms with van der Waals surface area (Å²) in [4.78, 5) is 10.9. The zero-order valence-corrected chi connectivity index (χ0v) is 6.48. The quantitative estimate of drug-likeness (QED) is 0.589. The fourth-order valence-corrected chi connectivity index (χ4v) is 0.354. The molecular formula is C8H13NO. The molecule has 1 N–H and O–H groups in total. The van der Waals surface area contributed by atoms with Crippen molar-refractivity contribution < 1.29 is 4.79 Å². The second-order valence-corrected chi connectivity index (χ2v) is 2.37. The highest BCUT2D eigenvalue weighted by Crippen LogP contribution is 1.93. The van der Waals surface area contributed by atoms with Crippen LogP contribution in [0.3, 0.4) is 0 Å². The van der Waals surface area contributed by atoms with Gasteiger partial charge in [0.05, 0.1) is 0 Å². The van der Waals surface area contributed by atoms with E-state index < -0.39 is 0 Å². The molecule has 0 bridgehead atoms. The van der Waals surface area contributed by atoms with Crippen molar-refractivity contribution in [3.63, 3.8) is 0 Å². The van der Waals surface area contributed by atoms with Gasteiger partial charge in [0.15, 0.2) is 0 Å². The molecule has 0 unspecified atom stereocenters. The molecule has 2 heteroatoms. The van der Waals surface area contributed by atoms with Crippen LogP contribution in [0.5, 0.6) is 0 Å². The maximum absolute atomic E-state index is 10.9. The van der Waals surface area contributed by atoms with Gasteiger partial charge in [0.1, 0.15) is 0 Å². The third kappa shape index (κ3) is 3.07. The van der Waals surface area contributed by atoms with E-state index in [4.69, 9.17) is 0 Å². The molecule has 0 fully saturated rings. The van der Waals surface area contributed by atoms with Crippen molar-refractivity contribution in [3.05, 3.63) is 24.9 Å². The number of carbonyl (C=O) groups excluding carboxylic acids is 1. The standard InChI is InChI=1S/C8H13NO/c1-5-7(4)9-8(10)6(2)3/h5-6H,1,4H2,2-3H3,(H,9,10). The third-order valence-electron chi connectivity index (χ3n) is 1.05. The van der Waals surface area contributed by atoms with Gasteiger partial charge >= 0.3 is 0 Å². The molecular weight excluding hydrogens is 126 g/mol. The van der Waals surface area contributed by atoms with E-state index in [0.717, 1.165) is 0 Å². The summed E-state index contributed by atoms with van der Waals surface area (Å²) in [5.74, 6) is -0.0263. The summed E-state index contributed by atoms with van der Waals surface area (Å²) in [7, 11) is 0. The first-order valence-electron chi connectivity index (χ1n) is 3.20. The van der Waals surface area contributed by atoms with Gasteiger partial charge in [-0.2, -0.15) is 0 Å². The lowest BCUT2D eigenvalue weighted by Gasteiger charge is -2.05. The minimum Gasteiger partial charge on any atom is -0.326 e. The lowest BCUT2D eigenvalue weighted by atomic mass is 10.2. The van der Waals surface area contributed by atoms with Gasteiger partial charge in [-0.25, -0.2) is 0 Å². The molecule has 0 saturated carbocycles. The highest BCUT2D eigenvalue weighted by molar-refractivity contribution is 5.79. The predicted octanol–water partition coefficient (Wildman–Crippen LogP) is 1.46. The van der Waals surface area contributed by atoms with Crippen molar-refractivity contribution in [2.75, 3.05) is 0 Å². The van der Waals surface area contributed by atoms with Gasteiger partial charge in [-0.3, -0.25) is 4.79 Å². The lowest BCUT2D eigenvalue weighted by Crippen LogP contribution is -2.25. The van der Waals surface area contributed by atoms with E-state index in [1.165, 1.54) is 6.08 Å². The molecule has 0 atom stereocenters. The molecule has 2 nitrogen and oxygen atoms in total. The Labute approximate surface area is 61.6 Å². The van der Waals surface area contributed by atoms with Crippen molar-refractivity contribution in [2.45, 2.75) is 13.8 Å². The Morgan fingerprint density at radius 1 is 1.60 bits per heavy atom. The molecule has 1 amide bonds. The predicted molar refractivity (Wildman–Crippen MR) is 42.3 cm³/mol. The van der Waals surface area contributed by atoms with E-state index >= 15 is 0 Å². The lowest BCUT2D eigenvalue weighted by molar-refractivity contribution is -0.123. The Bertz CT molecular complexity index is 159. The van der Waals surface area contributed by atoms with Crippen LogP contribution in [0.25, 0.3) is 0 Å². The highest BCUT2D eigenvalue weighted by atomic mass is 16.1. The molecule has 0 saturated heterocycles. The second kappa shape index (κ2) is 3.88. The number of hydrogen-bond donors (Lipinski definition) is 1. The summed E-state index contributed by atoms with van der Waals surface area (Å²) < 4.78 is 0. The highest BCUT2D eigenvalue weighted by Gasteiger charge is 2.04. The molecule has 0 aromatic carbocycles. The van der Waals surface area contributed by atoms with Crippen LogP contribution in [-0.2, 0) is 4.79 Å². The van der Waals surface area contributed by atoms with Crippen LogP contribution in [0.2, 0.25) is 0 Å². The molecule has 56 valence electrons. The molecule has 0 heterocycles. The summed E-state index contributed by atoms with van der Waals surface area (Å²) in [6.45, 7) is 10.7. The molecule has 0 aliphatic carbocycles. The van der Waals surface area contributed by atoms with Crippen molar-refractivity contribution in [1.82, 2.24) is 5.32 Å². The summed E-state index contributed by atoms with van der Waals surface area (Å²) in [5.41, 5.74) is 0.554. The van der Waals surface area contributed by atoms with Crippen molar-refractivity contribution in [1.29, 1.82) is 0 Å². The molecule has 0 rings (SSSR count). The van der Waals surface area contributed by atoms with Crippen LogP contribution in [0.1, 0.15) is 13.8 Å². The van der Waals surface area contributed by atoms with Crippen LogP contribution in [0.15, 0.2) is 24.9 Å². The minimum atomic E-state index is -0.0232. The topological polar surface area (TPSA) is 29.1 Å². The summed E-state index contributed by atoms with van der Waals surface area (Å²) in [5, 5.41) is 2.58. The van der Waals surface area contributed by atoms with E-state index in [1.54, 1.807) is 0 Å². The number of nitrogens with one attached hydrogen (secondary N) is 1. The minimum absolute atomic E-state index is 0.00306. The zero-order chi connectivity index (χ0) is 8.15. The summed E-state index contributed by atoms with van der Waals surface area (Å²) in [6.07, 6.45) is 1.51. The van der Waals surface area contributed by atoms with Gasteiger partial charge in [0, 0.05) is 11.6 Å². The van der Waals surface area contributed by atoms with Crippen LogP contribution in [-0.4, -0.2) is 5.91 Å². The Hall–Kier alpha value is -1.05. The number of rotatable bonds is 3.